The third-order valence-corrected chi connectivity index (χ3v) is 9.34. The predicted octanol–water partition coefficient (Wildman–Crippen LogP) is 14.4. The lowest BCUT2D eigenvalue weighted by Crippen LogP contribution is -1.96. The van der Waals surface area contributed by atoms with Gasteiger partial charge in [0.25, 0.3) is 0 Å². The topological polar surface area (TPSA) is 97.7 Å². The maximum Gasteiger partial charge on any atom is 0.175 e. The van der Waals surface area contributed by atoms with Crippen LogP contribution >= 0.6 is 43.6 Å². The number of para-hydroxylation sites is 2. The van der Waals surface area contributed by atoms with Crippen LogP contribution in [0.1, 0.15) is 69.2 Å². The highest BCUT2D eigenvalue weighted by molar-refractivity contribution is 9.10. The van der Waals surface area contributed by atoms with E-state index in [0.29, 0.717) is 16.4 Å². The summed E-state index contributed by atoms with van der Waals surface area (Å²) in [5.74, 6) is 1.66. The number of thioether (sulfide) groups is 1. The molecule has 0 fully saturated rings. The number of hydrogen-bond acceptors (Lipinski definition) is 7. The van der Waals surface area contributed by atoms with Gasteiger partial charge in [-0.1, -0.05) is 137 Å². The molecule has 0 bridgehead atoms. The second kappa shape index (κ2) is 36.9. The molecule has 6 nitrogen and oxygen atoms in total. The van der Waals surface area contributed by atoms with Crippen molar-refractivity contribution in [2.75, 3.05) is 18.8 Å². The van der Waals surface area contributed by atoms with Crippen molar-refractivity contribution in [1.82, 2.24) is 0 Å². The van der Waals surface area contributed by atoms with Gasteiger partial charge in [-0.3, -0.25) is 0 Å². The summed E-state index contributed by atoms with van der Waals surface area (Å²) in [6, 6.07) is 39.2. The molecule has 302 valence electrons. The number of benzene rings is 5. The molecule has 0 aliphatic heterocycles. The zero-order valence-corrected chi connectivity index (χ0v) is 39.8. The maximum absolute atomic E-state index is 11.3. The van der Waals surface area contributed by atoms with Crippen molar-refractivity contribution in [3.05, 3.63) is 142 Å². The molecule has 11 heteroatoms. The summed E-state index contributed by atoms with van der Waals surface area (Å²) in [5.41, 5.74) is 0. The molecular formula is C43H62Br2O6S3. The Labute approximate surface area is 349 Å². The van der Waals surface area contributed by atoms with Gasteiger partial charge >= 0.3 is 0 Å². The number of rotatable bonds is 5. The Morgan fingerprint density at radius 2 is 0.759 bits per heavy atom. The first-order valence-electron chi connectivity index (χ1n) is 17.8. The fourth-order valence-electron chi connectivity index (χ4n) is 3.06. The van der Waals surface area contributed by atoms with Gasteiger partial charge in [-0.2, -0.15) is 0 Å². The van der Waals surface area contributed by atoms with Gasteiger partial charge in [-0.25, -0.2) is 16.8 Å². The van der Waals surface area contributed by atoms with E-state index in [1.807, 2.05) is 118 Å². The van der Waals surface area contributed by atoms with Crippen molar-refractivity contribution in [3.63, 3.8) is 0 Å². The summed E-state index contributed by atoms with van der Waals surface area (Å²) in [4.78, 5) is 1.94. The fraction of sp³-hybridized carbons (Fsp3) is 0.302. The number of sulfone groups is 2. The molecule has 0 amide bonds. The summed E-state index contributed by atoms with van der Waals surface area (Å²) >= 11 is 8.34. The molecule has 0 radical (unpaired) electrons. The number of hydrogen-bond donors (Lipinski definition) is 1. The highest BCUT2D eigenvalue weighted by atomic mass is 79.9. The van der Waals surface area contributed by atoms with E-state index in [1.54, 1.807) is 72.4 Å². The monoisotopic (exact) mass is 928 g/mol. The lowest BCUT2D eigenvalue weighted by Gasteiger charge is -2.05. The van der Waals surface area contributed by atoms with Crippen LogP contribution in [0.25, 0.3) is 0 Å². The van der Waals surface area contributed by atoms with Gasteiger partial charge in [0.15, 0.2) is 19.7 Å². The number of halogens is 2. The minimum atomic E-state index is -3.15. The van der Waals surface area contributed by atoms with Crippen LogP contribution in [0.4, 0.5) is 0 Å². The van der Waals surface area contributed by atoms with Crippen LogP contribution in [0, 0.1) is 0 Å². The van der Waals surface area contributed by atoms with Crippen LogP contribution in [0.5, 0.6) is 17.2 Å². The molecule has 0 unspecified atom stereocenters. The smallest absolute Gasteiger partial charge is 0.175 e. The minimum Gasteiger partial charge on any atom is -0.508 e. The molecule has 54 heavy (non-hydrogen) atoms. The average Bonchev–Trinajstić information content (AvgIpc) is 3.20. The Morgan fingerprint density at radius 1 is 0.463 bits per heavy atom. The number of phenolic OH excluding ortho intramolecular Hbond substituents is 1. The fourth-order valence-corrected chi connectivity index (χ4v) is 5.26. The van der Waals surface area contributed by atoms with Crippen LogP contribution in [0.3, 0.4) is 0 Å². The van der Waals surface area contributed by atoms with Crippen molar-refractivity contribution in [1.29, 1.82) is 0 Å². The third-order valence-electron chi connectivity index (χ3n) is 5.28. The van der Waals surface area contributed by atoms with Crippen LogP contribution in [0.15, 0.2) is 157 Å². The van der Waals surface area contributed by atoms with Crippen LogP contribution in [0.2, 0.25) is 0 Å². The van der Waals surface area contributed by atoms with Crippen LogP contribution in [-0.4, -0.2) is 40.7 Å². The molecule has 0 aromatic heterocycles. The van der Waals surface area contributed by atoms with Gasteiger partial charge < -0.3 is 9.84 Å². The summed E-state index contributed by atoms with van der Waals surface area (Å²) < 4.78 is 52.0. The zero-order chi connectivity index (χ0) is 42.6. The number of aromatic hydroxyl groups is 1. The van der Waals surface area contributed by atoms with Gasteiger partial charge in [-0.15, -0.1) is 11.8 Å². The van der Waals surface area contributed by atoms with E-state index < -0.39 is 19.7 Å². The molecule has 0 aliphatic carbocycles. The molecule has 5 aromatic rings. The van der Waals surface area contributed by atoms with Crippen molar-refractivity contribution in [2.45, 2.75) is 83.9 Å². The SMILES string of the molecule is CC.CC.CC.CC.CC.CS(=O)(=O)c1ccc(Br)cc1.CS(=O)(=O)c1ccc(Oc2ccccc2)cc1.CSc1ccc(Br)cc1.Oc1ccccc1. The predicted molar refractivity (Wildman–Crippen MR) is 244 cm³/mol. The van der Waals surface area contributed by atoms with Crippen LogP contribution < -0.4 is 4.74 Å². The Hall–Kier alpha value is -3.09. The Balaban J connectivity index is -0.000000297. The van der Waals surface area contributed by atoms with Crippen LogP contribution in [-0.2, 0) is 19.7 Å². The summed E-state index contributed by atoms with van der Waals surface area (Å²) in [5, 5.41) is 8.63. The molecule has 5 rings (SSSR count). The van der Waals surface area contributed by atoms with E-state index in [0.717, 1.165) is 14.7 Å². The lowest BCUT2D eigenvalue weighted by atomic mass is 10.3. The van der Waals surface area contributed by atoms with Gasteiger partial charge in [0.05, 0.1) is 9.79 Å². The normalized spacial score (nSPS) is 9.09. The average molecular weight is 931 g/mol. The van der Waals surface area contributed by atoms with Gasteiger partial charge in [-0.05, 0) is 103 Å². The standard InChI is InChI=1S/C13H12O3S.C7H7BrO2S.C7H7BrS.C6H6O.5C2H6/c1-17(14,15)13-9-7-12(8-10-13)16-11-5-3-2-4-6-11;1-11(9,10)7-4-2-6(8)3-5-7;1-9-7-4-2-6(8)3-5-7;7-6-4-2-1-3-5-6;5*1-2/h2-10H,1H3;2-5H,1H3;2-5H,1H3;1-5,7H;5*1-2H3. The molecule has 1 N–H and O–H groups in total. The summed E-state index contributed by atoms with van der Waals surface area (Å²) in [6.07, 6.45) is 4.44. The number of ether oxygens (including phenoxy) is 1. The van der Waals surface area contributed by atoms with Crippen molar-refractivity contribution < 1.29 is 26.7 Å². The quantitative estimate of drug-likeness (QED) is 0.175. The Kier molecular flexibility index (Phi) is 39.3. The highest BCUT2D eigenvalue weighted by Crippen LogP contribution is 2.22. The van der Waals surface area contributed by atoms with E-state index in [9.17, 15) is 16.8 Å². The number of phenols is 1. The minimum absolute atomic E-state index is 0.290. The van der Waals surface area contributed by atoms with Crippen molar-refractivity contribution in [2.24, 2.45) is 0 Å². The lowest BCUT2D eigenvalue weighted by molar-refractivity contribution is 0.475. The molecule has 0 saturated heterocycles. The Bertz CT molecular complexity index is 1750. The largest absolute Gasteiger partial charge is 0.508 e. The molecule has 0 atom stereocenters. The second-order valence-electron chi connectivity index (χ2n) is 8.88. The first-order chi connectivity index (χ1) is 25.8. The molecular weight excluding hydrogens is 868 g/mol. The molecule has 5 aromatic carbocycles. The molecule has 0 heterocycles. The second-order valence-corrected chi connectivity index (χ2v) is 15.6. The summed E-state index contributed by atoms with van der Waals surface area (Å²) in [6.45, 7) is 20.0. The Morgan fingerprint density at radius 3 is 1.06 bits per heavy atom. The van der Waals surface area contributed by atoms with E-state index in [-0.39, 0.29) is 4.90 Å². The first-order valence-corrected chi connectivity index (χ1v) is 24.4. The van der Waals surface area contributed by atoms with Gasteiger partial charge in [0.2, 0.25) is 0 Å². The van der Waals surface area contributed by atoms with Gasteiger partial charge in [0.1, 0.15) is 17.2 Å². The maximum atomic E-state index is 11.3. The van der Waals surface area contributed by atoms with Crippen molar-refractivity contribution >= 4 is 63.3 Å². The van der Waals surface area contributed by atoms with E-state index in [4.69, 9.17) is 9.84 Å². The highest BCUT2D eigenvalue weighted by Gasteiger charge is 2.07. The third kappa shape index (κ3) is 30.3. The first kappa shape index (κ1) is 57.6. The summed E-state index contributed by atoms with van der Waals surface area (Å²) in [7, 11) is -6.19. The molecule has 0 spiro atoms. The van der Waals surface area contributed by atoms with E-state index in [1.165, 1.54) is 29.5 Å². The van der Waals surface area contributed by atoms with Crippen molar-refractivity contribution in [3.8, 4) is 17.2 Å². The van der Waals surface area contributed by atoms with E-state index in [2.05, 4.69) is 50.2 Å². The molecule has 0 aliphatic rings. The van der Waals surface area contributed by atoms with E-state index >= 15 is 0 Å². The molecule has 0 saturated carbocycles. The van der Waals surface area contributed by atoms with Gasteiger partial charge in [0, 0.05) is 26.4 Å². The zero-order valence-electron chi connectivity index (χ0n) is 34.2.